The molecule has 0 unspecified atom stereocenters. The summed E-state index contributed by atoms with van der Waals surface area (Å²) in [6.07, 6.45) is -0.932. The summed E-state index contributed by atoms with van der Waals surface area (Å²) in [5, 5.41) is 10.3. The molecule has 0 radical (unpaired) electrons. The average molecular weight is 321 g/mol. The number of hydrogen-bond acceptors (Lipinski definition) is 3. The highest BCUT2D eigenvalue weighted by Crippen LogP contribution is 2.33. The molecule has 124 valence electrons. The lowest BCUT2D eigenvalue weighted by atomic mass is 9.81. The number of rotatable bonds is 4. The van der Waals surface area contributed by atoms with Gasteiger partial charge in [0.25, 0.3) is 0 Å². The maximum Gasteiger partial charge on any atom is 0.573 e. The minimum atomic E-state index is -4.95. The van der Waals surface area contributed by atoms with Crippen molar-refractivity contribution in [2.45, 2.75) is 50.6 Å². The first-order valence-electron chi connectivity index (χ1n) is 7.27. The molecule has 22 heavy (non-hydrogen) atoms. The van der Waals surface area contributed by atoms with Crippen LogP contribution in [0, 0.1) is 11.7 Å². The van der Waals surface area contributed by atoms with Gasteiger partial charge in [-0.1, -0.05) is 25.3 Å². The second kappa shape index (κ2) is 6.83. The van der Waals surface area contributed by atoms with Gasteiger partial charge < -0.3 is 15.6 Å². The zero-order chi connectivity index (χ0) is 16.3. The fourth-order valence-electron chi connectivity index (χ4n) is 2.90. The molecule has 0 amide bonds. The van der Waals surface area contributed by atoms with E-state index in [1.54, 1.807) is 0 Å². The molecule has 7 heteroatoms. The molecule has 2 rings (SSSR count). The van der Waals surface area contributed by atoms with E-state index in [0.717, 1.165) is 44.2 Å². The normalized spacial score (nSPS) is 19.7. The summed E-state index contributed by atoms with van der Waals surface area (Å²) in [5.74, 6) is -2.02. The monoisotopic (exact) mass is 321 g/mol. The lowest BCUT2D eigenvalue weighted by Crippen LogP contribution is -2.34. The second-order valence-corrected chi connectivity index (χ2v) is 5.65. The molecule has 0 spiro atoms. The Labute approximate surface area is 126 Å². The van der Waals surface area contributed by atoms with Crippen molar-refractivity contribution in [1.29, 1.82) is 0 Å². The zero-order valence-electron chi connectivity index (χ0n) is 11.9. The van der Waals surface area contributed by atoms with Crippen molar-refractivity contribution in [3.8, 4) is 5.75 Å². The summed E-state index contributed by atoms with van der Waals surface area (Å²) < 4.78 is 53.5. The molecule has 0 saturated heterocycles. The van der Waals surface area contributed by atoms with Crippen molar-refractivity contribution in [2.24, 2.45) is 11.7 Å². The molecule has 1 aliphatic carbocycles. The molecule has 1 fully saturated rings. The largest absolute Gasteiger partial charge is 0.573 e. The molecule has 0 heterocycles. The summed E-state index contributed by atoms with van der Waals surface area (Å²) in [5.41, 5.74) is 6.19. The van der Waals surface area contributed by atoms with Crippen molar-refractivity contribution in [3.05, 3.63) is 29.6 Å². The van der Waals surface area contributed by atoms with Gasteiger partial charge in [-0.3, -0.25) is 0 Å². The van der Waals surface area contributed by atoms with Gasteiger partial charge in [-0.05, 0) is 36.5 Å². The molecule has 2 atom stereocenters. The molecule has 0 aliphatic heterocycles. The van der Waals surface area contributed by atoms with E-state index < -0.39 is 30.1 Å². The second-order valence-electron chi connectivity index (χ2n) is 5.65. The predicted octanol–water partition coefficient (Wildman–Crippen LogP) is 3.67. The lowest BCUT2D eigenvalue weighted by molar-refractivity contribution is -0.275. The molecular formula is C15H19F4NO2. The molecule has 3 N–H and O–H groups in total. The zero-order valence-corrected chi connectivity index (χ0v) is 11.9. The molecular weight excluding hydrogens is 302 g/mol. The minimum Gasteiger partial charge on any atom is -0.403 e. The Balaban J connectivity index is 2.09. The van der Waals surface area contributed by atoms with E-state index in [1.807, 2.05) is 0 Å². The Morgan fingerprint density at radius 1 is 1.18 bits per heavy atom. The molecule has 3 nitrogen and oxygen atoms in total. The topological polar surface area (TPSA) is 55.5 Å². The lowest BCUT2D eigenvalue weighted by Gasteiger charge is -2.30. The summed E-state index contributed by atoms with van der Waals surface area (Å²) >= 11 is 0. The van der Waals surface area contributed by atoms with Crippen LogP contribution in [0.3, 0.4) is 0 Å². The van der Waals surface area contributed by atoms with Gasteiger partial charge in [-0.25, -0.2) is 4.39 Å². The van der Waals surface area contributed by atoms with Crippen LogP contribution in [-0.2, 0) is 0 Å². The van der Waals surface area contributed by atoms with E-state index in [9.17, 15) is 22.7 Å². The molecule has 0 bridgehead atoms. The van der Waals surface area contributed by atoms with E-state index in [2.05, 4.69) is 4.74 Å². The molecule has 1 aromatic rings. The van der Waals surface area contributed by atoms with Crippen molar-refractivity contribution < 1.29 is 27.4 Å². The number of aliphatic hydroxyl groups is 1. The number of halogens is 4. The Morgan fingerprint density at radius 2 is 1.82 bits per heavy atom. The van der Waals surface area contributed by atoms with Crippen LogP contribution in [0.15, 0.2) is 18.2 Å². The van der Waals surface area contributed by atoms with Crippen molar-refractivity contribution in [2.75, 3.05) is 0 Å². The highest BCUT2D eigenvalue weighted by atomic mass is 19.4. The van der Waals surface area contributed by atoms with Gasteiger partial charge in [-0.2, -0.15) is 0 Å². The Morgan fingerprint density at radius 3 is 2.36 bits per heavy atom. The van der Waals surface area contributed by atoms with Crippen molar-refractivity contribution in [3.63, 3.8) is 0 Å². The Bertz CT molecular complexity index is 501. The third-order valence-corrected chi connectivity index (χ3v) is 4.07. The number of hydrogen-bond donors (Lipinski definition) is 2. The smallest absolute Gasteiger partial charge is 0.403 e. The van der Waals surface area contributed by atoms with Crippen LogP contribution in [0.4, 0.5) is 17.6 Å². The van der Waals surface area contributed by atoms with E-state index >= 15 is 0 Å². The number of aliphatic hydroxyl groups excluding tert-OH is 1. The summed E-state index contributed by atoms with van der Waals surface area (Å²) in [6.45, 7) is 0. The number of alkyl halides is 3. The quantitative estimate of drug-likeness (QED) is 0.832. The van der Waals surface area contributed by atoms with Gasteiger partial charge in [0, 0.05) is 0 Å². The summed E-state index contributed by atoms with van der Waals surface area (Å²) in [7, 11) is 0. The fraction of sp³-hybridized carbons (Fsp3) is 0.600. The molecule has 1 aliphatic rings. The summed E-state index contributed by atoms with van der Waals surface area (Å²) in [6, 6.07) is 2.18. The highest BCUT2D eigenvalue weighted by Gasteiger charge is 2.33. The SMILES string of the molecule is N[C@@H](c1ccc(OC(F)(F)F)c(F)c1)[C@H](O)C1CCCCC1. The highest BCUT2D eigenvalue weighted by molar-refractivity contribution is 5.31. The van der Waals surface area contributed by atoms with E-state index in [1.165, 1.54) is 6.07 Å². The van der Waals surface area contributed by atoms with E-state index in [-0.39, 0.29) is 11.5 Å². The van der Waals surface area contributed by atoms with Crippen LogP contribution in [0.25, 0.3) is 0 Å². The Hall–Kier alpha value is -1.34. The first-order valence-corrected chi connectivity index (χ1v) is 7.27. The minimum absolute atomic E-state index is 0.0397. The van der Waals surface area contributed by atoms with Crippen LogP contribution in [0.1, 0.15) is 43.7 Å². The number of ether oxygens (including phenoxy) is 1. The maximum atomic E-state index is 13.7. The predicted molar refractivity (Wildman–Crippen MR) is 72.6 cm³/mol. The fourth-order valence-corrected chi connectivity index (χ4v) is 2.90. The molecule has 1 saturated carbocycles. The van der Waals surface area contributed by atoms with Gasteiger partial charge in [-0.15, -0.1) is 13.2 Å². The summed E-state index contributed by atoms with van der Waals surface area (Å²) in [4.78, 5) is 0. The third-order valence-electron chi connectivity index (χ3n) is 4.07. The van der Waals surface area contributed by atoms with Gasteiger partial charge in [0.1, 0.15) is 0 Å². The van der Waals surface area contributed by atoms with E-state index in [4.69, 9.17) is 5.73 Å². The van der Waals surface area contributed by atoms with Crippen LogP contribution >= 0.6 is 0 Å². The van der Waals surface area contributed by atoms with Crippen LogP contribution in [-0.4, -0.2) is 17.6 Å². The number of nitrogens with two attached hydrogens (primary N) is 1. The van der Waals surface area contributed by atoms with Crippen LogP contribution < -0.4 is 10.5 Å². The van der Waals surface area contributed by atoms with Crippen LogP contribution in [0.5, 0.6) is 5.75 Å². The Kier molecular flexibility index (Phi) is 5.28. The van der Waals surface area contributed by atoms with Crippen molar-refractivity contribution in [1.82, 2.24) is 0 Å². The van der Waals surface area contributed by atoms with Crippen molar-refractivity contribution >= 4 is 0 Å². The van der Waals surface area contributed by atoms with Gasteiger partial charge >= 0.3 is 6.36 Å². The van der Waals surface area contributed by atoms with E-state index in [0.29, 0.717) is 0 Å². The standard InChI is InChI=1S/C15H19F4NO2/c16-11-8-10(6-7-12(11)22-15(17,18)19)13(20)14(21)9-4-2-1-3-5-9/h6-9,13-14,21H,1-5,20H2/t13-,14+/m0/s1. The maximum absolute atomic E-state index is 13.7. The number of benzene rings is 1. The average Bonchev–Trinajstić information content (AvgIpc) is 2.47. The molecule has 1 aromatic carbocycles. The first-order chi connectivity index (χ1) is 10.3. The third kappa shape index (κ3) is 4.33. The van der Waals surface area contributed by atoms with Crippen LogP contribution in [0.2, 0.25) is 0 Å². The molecule has 0 aromatic heterocycles. The van der Waals surface area contributed by atoms with Gasteiger partial charge in [0.05, 0.1) is 12.1 Å². The van der Waals surface area contributed by atoms with Gasteiger partial charge in [0.15, 0.2) is 11.6 Å². The van der Waals surface area contributed by atoms with Gasteiger partial charge in [0.2, 0.25) is 0 Å². The first kappa shape index (κ1) is 17.0.